The molecule has 0 saturated heterocycles. The highest BCUT2D eigenvalue weighted by Gasteiger charge is 2.23. The van der Waals surface area contributed by atoms with Gasteiger partial charge < -0.3 is 10.0 Å². The summed E-state index contributed by atoms with van der Waals surface area (Å²) in [5.41, 5.74) is 0. The van der Waals surface area contributed by atoms with Crippen LogP contribution in [-0.2, 0) is 9.59 Å². The van der Waals surface area contributed by atoms with E-state index in [2.05, 4.69) is 0 Å². The van der Waals surface area contributed by atoms with Gasteiger partial charge in [-0.2, -0.15) is 0 Å². The first kappa shape index (κ1) is 14.0. The van der Waals surface area contributed by atoms with Gasteiger partial charge in [-0.15, -0.1) is 0 Å². The van der Waals surface area contributed by atoms with Crippen molar-refractivity contribution in [3.63, 3.8) is 0 Å². The number of nitrogens with zero attached hydrogens (tertiary/aromatic N) is 1. The summed E-state index contributed by atoms with van der Waals surface area (Å²) in [6, 6.07) is 0.0863. The molecule has 4 heteroatoms. The predicted molar refractivity (Wildman–Crippen MR) is 65.7 cm³/mol. The van der Waals surface area contributed by atoms with Crippen LogP contribution in [0.15, 0.2) is 0 Å². The lowest BCUT2D eigenvalue weighted by Gasteiger charge is -2.27. The van der Waals surface area contributed by atoms with Crippen LogP contribution in [0.1, 0.15) is 52.4 Å². The van der Waals surface area contributed by atoms with E-state index in [9.17, 15) is 9.59 Å². The molecule has 0 heterocycles. The molecule has 4 nitrogen and oxygen atoms in total. The maximum Gasteiger partial charge on any atom is 0.305 e. The van der Waals surface area contributed by atoms with Gasteiger partial charge in [-0.3, -0.25) is 9.59 Å². The zero-order chi connectivity index (χ0) is 12.8. The van der Waals surface area contributed by atoms with Gasteiger partial charge in [0.25, 0.3) is 0 Å². The normalized spacial score (nSPS) is 16.4. The van der Waals surface area contributed by atoms with Crippen LogP contribution in [0.3, 0.4) is 0 Å². The molecule has 0 radical (unpaired) electrons. The van der Waals surface area contributed by atoms with Gasteiger partial charge in [0.1, 0.15) is 0 Å². The third-order valence-corrected chi connectivity index (χ3v) is 3.45. The third-order valence-electron chi connectivity index (χ3n) is 3.45. The van der Waals surface area contributed by atoms with Crippen LogP contribution < -0.4 is 0 Å². The number of hydrogen-bond donors (Lipinski definition) is 1. The number of carbonyl (C=O) groups excluding carboxylic acids is 1. The molecule has 1 saturated carbocycles. The van der Waals surface area contributed by atoms with Crippen LogP contribution in [0.5, 0.6) is 0 Å². The molecule has 98 valence electrons. The van der Waals surface area contributed by atoms with Gasteiger partial charge in [-0.05, 0) is 32.6 Å². The van der Waals surface area contributed by atoms with E-state index in [1.54, 1.807) is 4.90 Å². The first-order valence-corrected chi connectivity index (χ1v) is 6.52. The van der Waals surface area contributed by atoms with Crippen LogP contribution >= 0.6 is 0 Å². The Morgan fingerprint density at radius 1 is 1.29 bits per heavy atom. The predicted octanol–water partition coefficient (Wildman–Crippen LogP) is 2.28. The summed E-state index contributed by atoms with van der Waals surface area (Å²) in [4.78, 5) is 24.3. The van der Waals surface area contributed by atoms with Crippen molar-refractivity contribution in [3.8, 4) is 0 Å². The Morgan fingerprint density at radius 3 is 2.35 bits per heavy atom. The Bertz CT molecular complexity index is 270. The molecular weight excluding hydrogens is 218 g/mol. The van der Waals surface area contributed by atoms with Gasteiger partial charge in [0.2, 0.25) is 5.91 Å². The molecule has 0 atom stereocenters. The quantitative estimate of drug-likeness (QED) is 0.776. The molecule has 0 unspecified atom stereocenters. The second-order valence-electron chi connectivity index (χ2n) is 5.18. The lowest BCUT2D eigenvalue weighted by molar-refractivity contribution is -0.139. The molecule has 1 rings (SSSR count). The van der Waals surface area contributed by atoms with Crippen LogP contribution in [0.25, 0.3) is 0 Å². The summed E-state index contributed by atoms with van der Waals surface area (Å²) in [6.45, 7) is 4.21. The van der Waals surface area contributed by atoms with Gasteiger partial charge in [0, 0.05) is 19.0 Å². The van der Waals surface area contributed by atoms with Crippen LogP contribution in [-0.4, -0.2) is 34.5 Å². The fourth-order valence-corrected chi connectivity index (χ4v) is 2.47. The second-order valence-corrected chi connectivity index (χ2v) is 5.18. The molecule has 0 bridgehead atoms. The van der Waals surface area contributed by atoms with Gasteiger partial charge in [-0.25, -0.2) is 0 Å². The van der Waals surface area contributed by atoms with E-state index in [-0.39, 0.29) is 18.4 Å². The lowest BCUT2D eigenvalue weighted by Crippen LogP contribution is -2.39. The van der Waals surface area contributed by atoms with Crippen molar-refractivity contribution < 1.29 is 14.7 Å². The van der Waals surface area contributed by atoms with Crippen LogP contribution in [0.2, 0.25) is 0 Å². The van der Waals surface area contributed by atoms with Crippen molar-refractivity contribution in [3.05, 3.63) is 0 Å². The fourth-order valence-electron chi connectivity index (χ4n) is 2.47. The van der Waals surface area contributed by atoms with Gasteiger partial charge >= 0.3 is 5.97 Å². The molecule has 0 aromatic rings. The summed E-state index contributed by atoms with van der Waals surface area (Å²) >= 11 is 0. The Kier molecular flexibility index (Phi) is 5.45. The van der Waals surface area contributed by atoms with E-state index in [4.69, 9.17) is 5.11 Å². The van der Waals surface area contributed by atoms with E-state index < -0.39 is 5.97 Å². The zero-order valence-corrected chi connectivity index (χ0v) is 10.8. The van der Waals surface area contributed by atoms with Crippen molar-refractivity contribution in [2.75, 3.05) is 6.54 Å². The van der Waals surface area contributed by atoms with E-state index in [0.717, 1.165) is 12.8 Å². The number of rotatable bonds is 6. The summed E-state index contributed by atoms with van der Waals surface area (Å²) in [5, 5.41) is 8.67. The van der Waals surface area contributed by atoms with Crippen molar-refractivity contribution in [2.24, 2.45) is 5.92 Å². The molecule has 0 aromatic carbocycles. The molecule has 0 aromatic heterocycles. The smallest absolute Gasteiger partial charge is 0.305 e. The molecule has 1 amide bonds. The van der Waals surface area contributed by atoms with Gasteiger partial charge in [0.15, 0.2) is 0 Å². The number of aliphatic carboxylic acids is 1. The van der Waals surface area contributed by atoms with E-state index in [1.807, 2.05) is 13.8 Å². The minimum absolute atomic E-state index is 0.0363. The summed E-state index contributed by atoms with van der Waals surface area (Å²) < 4.78 is 0. The second kappa shape index (κ2) is 6.62. The van der Waals surface area contributed by atoms with Gasteiger partial charge in [-0.1, -0.05) is 12.8 Å². The van der Waals surface area contributed by atoms with E-state index >= 15 is 0 Å². The average molecular weight is 241 g/mol. The number of carboxylic acids is 1. The standard InChI is InChI=1S/C13H23NO3/c1-10(2)14(8-7-13(16)17)12(15)9-11-5-3-4-6-11/h10-11H,3-9H2,1-2H3,(H,16,17). The molecule has 1 aliphatic rings. The Morgan fingerprint density at radius 2 is 1.88 bits per heavy atom. The van der Waals surface area contributed by atoms with Crippen LogP contribution in [0, 0.1) is 5.92 Å². The minimum atomic E-state index is -0.843. The number of carbonyl (C=O) groups is 2. The highest BCUT2D eigenvalue weighted by molar-refractivity contribution is 5.77. The highest BCUT2D eigenvalue weighted by Crippen LogP contribution is 2.28. The summed E-state index contributed by atoms with van der Waals surface area (Å²) in [5.74, 6) is -0.203. The molecule has 1 fully saturated rings. The molecular formula is C13H23NO3. The number of amides is 1. The number of carboxylic acid groups (broad SMARTS) is 1. The zero-order valence-electron chi connectivity index (χ0n) is 10.8. The molecule has 1 N–H and O–H groups in total. The minimum Gasteiger partial charge on any atom is -0.481 e. The Hall–Kier alpha value is -1.06. The SMILES string of the molecule is CC(C)N(CCC(=O)O)C(=O)CC1CCCC1. The summed E-state index contributed by atoms with van der Waals surface area (Å²) in [7, 11) is 0. The molecule has 0 spiro atoms. The largest absolute Gasteiger partial charge is 0.481 e. The monoisotopic (exact) mass is 241 g/mol. The molecule has 17 heavy (non-hydrogen) atoms. The first-order valence-electron chi connectivity index (χ1n) is 6.52. The highest BCUT2D eigenvalue weighted by atomic mass is 16.4. The maximum absolute atomic E-state index is 12.1. The topological polar surface area (TPSA) is 57.6 Å². The maximum atomic E-state index is 12.1. The Balaban J connectivity index is 2.44. The molecule has 1 aliphatic carbocycles. The van der Waals surface area contributed by atoms with Gasteiger partial charge in [0.05, 0.1) is 6.42 Å². The summed E-state index contributed by atoms with van der Waals surface area (Å²) in [6.07, 6.45) is 5.39. The van der Waals surface area contributed by atoms with E-state index in [0.29, 0.717) is 18.9 Å². The fraction of sp³-hybridized carbons (Fsp3) is 0.846. The lowest BCUT2D eigenvalue weighted by atomic mass is 10.0. The third kappa shape index (κ3) is 4.75. The molecule has 0 aliphatic heterocycles. The van der Waals surface area contributed by atoms with Crippen molar-refractivity contribution in [2.45, 2.75) is 58.4 Å². The first-order chi connectivity index (χ1) is 8.00. The average Bonchev–Trinajstić information content (AvgIpc) is 2.69. The number of hydrogen-bond acceptors (Lipinski definition) is 2. The van der Waals surface area contributed by atoms with Crippen molar-refractivity contribution in [1.29, 1.82) is 0 Å². The van der Waals surface area contributed by atoms with Crippen LogP contribution in [0.4, 0.5) is 0 Å². The Labute approximate surface area is 103 Å². The van der Waals surface area contributed by atoms with Crippen molar-refractivity contribution in [1.82, 2.24) is 4.90 Å². The van der Waals surface area contributed by atoms with Crippen molar-refractivity contribution >= 4 is 11.9 Å². The van der Waals surface area contributed by atoms with E-state index in [1.165, 1.54) is 12.8 Å².